The molecule has 10 N–H and O–H groups in total. The van der Waals surface area contributed by atoms with Gasteiger partial charge in [0.15, 0.2) is 0 Å². The molecule has 0 aliphatic rings. The highest BCUT2D eigenvalue weighted by atomic mass is 16.6. The van der Waals surface area contributed by atoms with Gasteiger partial charge in [-0.15, -0.1) is 0 Å². The lowest BCUT2D eigenvalue weighted by atomic mass is 9.85. The van der Waals surface area contributed by atoms with E-state index in [1.54, 1.807) is 32.9 Å². The zero-order valence-electron chi connectivity index (χ0n) is 39.6. The summed E-state index contributed by atoms with van der Waals surface area (Å²) in [7, 11) is 0. The second-order valence-electron chi connectivity index (χ2n) is 18.4. The third-order valence-electron chi connectivity index (χ3n) is 11.1. The Morgan fingerprint density at radius 2 is 1.29 bits per heavy atom. The summed E-state index contributed by atoms with van der Waals surface area (Å²) in [6.07, 6.45) is -5.44. The number of nitrogens with zero attached hydrogens (tertiary/aromatic N) is 1. The summed E-state index contributed by atoms with van der Waals surface area (Å²) in [5.74, 6) is -0.951. The van der Waals surface area contributed by atoms with Gasteiger partial charge in [0.05, 0.1) is 25.0 Å². The Kier molecular flexibility index (Phi) is 21.2. The van der Waals surface area contributed by atoms with E-state index in [-0.39, 0.29) is 31.0 Å². The van der Waals surface area contributed by atoms with Crippen molar-refractivity contribution in [3.8, 4) is 34.0 Å². The molecule has 0 spiro atoms. The molecule has 4 rings (SSSR count). The third kappa shape index (κ3) is 18.2. The first-order valence-electron chi connectivity index (χ1n) is 23.0. The minimum atomic E-state index is -1.90. The van der Waals surface area contributed by atoms with Gasteiger partial charge in [-0.3, -0.25) is 14.4 Å². The van der Waals surface area contributed by atoms with Crippen LogP contribution in [0.5, 0.6) is 11.6 Å². The Morgan fingerprint density at radius 1 is 0.676 bits per heavy atom. The van der Waals surface area contributed by atoms with Crippen molar-refractivity contribution in [1.82, 2.24) is 26.3 Å². The van der Waals surface area contributed by atoms with Gasteiger partial charge in [-0.2, -0.15) is 0 Å². The first kappa shape index (κ1) is 54.5. The van der Waals surface area contributed by atoms with Crippen molar-refractivity contribution in [1.29, 1.82) is 0 Å². The van der Waals surface area contributed by atoms with Crippen molar-refractivity contribution in [3.05, 3.63) is 103 Å². The van der Waals surface area contributed by atoms with Crippen molar-refractivity contribution >= 4 is 23.8 Å². The molecule has 0 saturated carbocycles. The predicted molar refractivity (Wildman–Crippen MR) is 256 cm³/mol. The third-order valence-corrected chi connectivity index (χ3v) is 11.1. The van der Waals surface area contributed by atoms with Crippen LogP contribution in [0.4, 0.5) is 4.79 Å². The number of alkyl carbamates (subject to hydrolysis) is 1. The Labute approximate surface area is 398 Å². The van der Waals surface area contributed by atoms with Crippen LogP contribution in [-0.2, 0) is 25.5 Å². The Morgan fingerprint density at radius 3 is 1.93 bits per heavy atom. The summed E-state index contributed by atoms with van der Waals surface area (Å²) in [4.78, 5) is 58.1. The fourth-order valence-electron chi connectivity index (χ4n) is 7.06. The van der Waals surface area contributed by atoms with Crippen LogP contribution in [-0.4, -0.2) is 128 Å². The highest BCUT2D eigenvalue weighted by Crippen LogP contribution is 2.29. The molecule has 4 aromatic rings. The lowest BCUT2D eigenvalue weighted by Crippen LogP contribution is -2.53. The lowest BCUT2D eigenvalue weighted by molar-refractivity contribution is -0.134. The molecule has 0 radical (unpaired) electrons. The monoisotopic (exact) mass is 943 g/mol. The van der Waals surface area contributed by atoms with E-state index in [1.807, 2.05) is 86.6 Å². The van der Waals surface area contributed by atoms with Crippen LogP contribution < -0.4 is 26.0 Å². The van der Waals surface area contributed by atoms with E-state index in [2.05, 4.69) is 21.3 Å². The smallest absolute Gasteiger partial charge is 0.408 e. The average Bonchev–Trinajstić information content (AvgIpc) is 3.31. The number of carbonyl (C=O) groups excluding carboxylic acids is 4. The van der Waals surface area contributed by atoms with Crippen molar-refractivity contribution in [2.45, 2.75) is 122 Å². The van der Waals surface area contributed by atoms with Gasteiger partial charge in [-0.05, 0) is 94.2 Å². The molecule has 68 heavy (non-hydrogen) atoms. The van der Waals surface area contributed by atoms with Crippen LogP contribution in [0.25, 0.3) is 22.4 Å². The molecule has 17 heteroatoms. The molecule has 0 aliphatic heterocycles. The molecular weight excluding hydrogens is 875 g/mol. The minimum Gasteiger partial charge on any atom is -0.508 e. The molecule has 3 aromatic carbocycles. The van der Waals surface area contributed by atoms with Gasteiger partial charge in [0.1, 0.15) is 41.7 Å². The maximum absolute atomic E-state index is 13.8. The number of carbonyl (C=O) groups is 4. The molecule has 1 heterocycles. The number of phenols is 1. The van der Waals surface area contributed by atoms with E-state index in [4.69, 9.17) is 19.6 Å². The topological polar surface area (TPSA) is 269 Å². The van der Waals surface area contributed by atoms with Crippen LogP contribution in [0.1, 0.15) is 78.7 Å². The Balaban J connectivity index is 1.32. The average molecular weight is 944 g/mol. The SMILES string of the molecule is CC(C)(C)OC(=O)NC(CCCCNC(=O)C(Cc1ccc(O)cc1)NC(=O)C(C)(C)CCCCOc1cc(-c2ccccc2)cc(-c2ccccc2)n1)C(=O)NCC(O)C(O)C(O)C(O)CO. The van der Waals surface area contributed by atoms with Crippen LogP contribution in [0.15, 0.2) is 97.1 Å². The number of pyridine rings is 1. The Bertz CT molecular complexity index is 2130. The first-order chi connectivity index (χ1) is 32.3. The van der Waals surface area contributed by atoms with Gasteiger partial charge in [-0.1, -0.05) is 86.6 Å². The van der Waals surface area contributed by atoms with Crippen molar-refractivity contribution < 1.29 is 59.3 Å². The highest BCUT2D eigenvalue weighted by Gasteiger charge is 2.33. The first-order valence-corrected chi connectivity index (χ1v) is 23.0. The number of hydrogen-bond acceptors (Lipinski definition) is 13. The number of phenolic OH excluding ortho intramolecular Hbond substituents is 1. The molecule has 1 aromatic heterocycles. The predicted octanol–water partition coefficient (Wildman–Crippen LogP) is 4.16. The van der Waals surface area contributed by atoms with Crippen LogP contribution in [0.3, 0.4) is 0 Å². The van der Waals surface area contributed by atoms with E-state index >= 15 is 0 Å². The molecule has 4 amide bonds. The van der Waals surface area contributed by atoms with E-state index in [0.717, 1.165) is 22.4 Å². The van der Waals surface area contributed by atoms with Crippen molar-refractivity contribution in [2.24, 2.45) is 5.41 Å². The van der Waals surface area contributed by atoms with Crippen LogP contribution >= 0.6 is 0 Å². The zero-order chi connectivity index (χ0) is 49.9. The molecule has 6 atom stereocenters. The summed E-state index contributed by atoms with van der Waals surface area (Å²) in [5.41, 5.74) is 2.76. The maximum Gasteiger partial charge on any atom is 0.408 e. The van der Waals surface area contributed by atoms with Gasteiger partial charge in [0.25, 0.3) is 0 Å². The fraction of sp³-hybridized carbons (Fsp3) is 0.471. The maximum atomic E-state index is 13.8. The number of aliphatic hydroxyl groups excluding tert-OH is 5. The second-order valence-corrected chi connectivity index (χ2v) is 18.4. The van der Waals surface area contributed by atoms with Gasteiger partial charge < -0.3 is 61.4 Å². The number of nitrogens with one attached hydrogen (secondary N) is 4. The summed E-state index contributed by atoms with van der Waals surface area (Å²) in [6.45, 7) is 7.69. The number of hydrogen-bond donors (Lipinski definition) is 10. The lowest BCUT2D eigenvalue weighted by Gasteiger charge is -2.27. The number of amides is 4. The zero-order valence-corrected chi connectivity index (χ0v) is 39.6. The molecule has 0 saturated heterocycles. The molecule has 17 nitrogen and oxygen atoms in total. The summed E-state index contributed by atoms with van der Waals surface area (Å²) < 4.78 is 11.5. The summed E-state index contributed by atoms with van der Waals surface area (Å²) >= 11 is 0. The standard InChI is InChI=1S/C51H69N5O12/c1-50(2,3)68-49(66)56-38(46(63)53-31-41(59)44(61)45(62)42(60)32-57)20-12-14-26-52-47(64)40(28-33-21-23-37(58)24-22-33)55-48(65)51(4,5)25-13-15-27-67-43-30-36(34-16-8-6-9-17-34)29-39(54-43)35-18-10-7-11-19-35/h6-11,16-19,21-24,29-30,38,40-42,44-45,57-62H,12-15,20,25-28,31-32H2,1-5H3,(H,52,64)(H,53,63)(H,55,65)(H,56,66). The normalized spacial score (nSPS) is 14.3. The van der Waals surface area contributed by atoms with Crippen molar-refractivity contribution in [2.75, 3.05) is 26.3 Å². The second kappa shape index (κ2) is 26.4. The van der Waals surface area contributed by atoms with E-state index in [1.165, 1.54) is 12.1 Å². The number of benzene rings is 3. The van der Waals surface area contributed by atoms with Crippen LogP contribution in [0.2, 0.25) is 0 Å². The highest BCUT2D eigenvalue weighted by molar-refractivity contribution is 5.90. The number of unbranched alkanes of at least 4 members (excludes halogenated alkanes) is 2. The van der Waals surface area contributed by atoms with E-state index in [0.29, 0.717) is 50.2 Å². The number of aromatic hydroxyl groups is 1. The molecule has 6 unspecified atom stereocenters. The van der Waals surface area contributed by atoms with E-state index < -0.39 is 78.6 Å². The molecule has 0 aliphatic carbocycles. The largest absolute Gasteiger partial charge is 0.508 e. The van der Waals surface area contributed by atoms with Gasteiger partial charge >= 0.3 is 6.09 Å². The van der Waals surface area contributed by atoms with E-state index in [9.17, 15) is 44.7 Å². The quantitative estimate of drug-likeness (QED) is 0.0397. The molecule has 370 valence electrons. The number of aromatic nitrogens is 1. The number of aliphatic hydroxyl groups is 5. The van der Waals surface area contributed by atoms with Crippen molar-refractivity contribution in [3.63, 3.8) is 0 Å². The Hall–Kier alpha value is -6.11. The fourth-order valence-corrected chi connectivity index (χ4v) is 7.06. The van der Waals surface area contributed by atoms with Gasteiger partial charge in [0, 0.05) is 36.6 Å². The van der Waals surface area contributed by atoms with Gasteiger partial charge in [0.2, 0.25) is 23.6 Å². The molecular formula is C51H69N5O12. The van der Waals surface area contributed by atoms with Gasteiger partial charge in [-0.25, -0.2) is 9.78 Å². The minimum absolute atomic E-state index is 0.0545. The van der Waals surface area contributed by atoms with Crippen LogP contribution in [0, 0.1) is 5.41 Å². The molecule has 0 fully saturated rings. The summed E-state index contributed by atoms with van der Waals surface area (Å²) in [5, 5.41) is 69.6. The summed E-state index contributed by atoms with van der Waals surface area (Å²) in [6, 6.07) is 28.1. The number of rotatable bonds is 26. The molecule has 0 bridgehead atoms. The number of ether oxygens (including phenoxy) is 2.